The molecule has 0 radical (unpaired) electrons. The van der Waals surface area contributed by atoms with E-state index in [4.69, 9.17) is 4.98 Å². The number of para-hydroxylation sites is 1. The van der Waals surface area contributed by atoms with E-state index in [9.17, 15) is 13.6 Å². The van der Waals surface area contributed by atoms with E-state index >= 15 is 0 Å². The van der Waals surface area contributed by atoms with Crippen LogP contribution < -0.4 is 5.56 Å². The normalized spacial score (nSPS) is 15.0. The number of hydrogen-bond donors (Lipinski definition) is 0. The largest absolute Gasteiger partial charge is 0.306 e. The van der Waals surface area contributed by atoms with Crippen molar-refractivity contribution < 1.29 is 8.78 Å². The number of aromatic nitrogens is 2. The van der Waals surface area contributed by atoms with Gasteiger partial charge >= 0.3 is 0 Å². The fraction of sp³-hybridized carbons (Fsp3) is 0.286. The van der Waals surface area contributed by atoms with Gasteiger partial charge in [-0.15, -0.1) is 11.3 Å². The molecule has 0 atom stereocenters. The topological polar surface area (TPSA) is 38.1 Å². The third kappa shape index (κ3) is 4.58. The second-order valence-electron chi connectivity index (χ2n) is 9.30. The molecule has 0 aliphatic carbocycles. The summed E-state index contributed by atoms with van der Waals surface area (Å²) in [6.45, 7) is 5.91. The Labute approximate surface area is 207 Å². The summed E-state index contributed by atoms with van der Waals surface area (Å²) >= 11 is 1.47. The number of likely N-dealkylation sites (tertiary alicyclic amines) is 1. The van der Waals surface area contributed by atoms with Crippen LogP contribution in [0.2, 0.25) is 0 Å². The molecule has 1 fully saturated rings. The summed E-state index contributed by atoms with van der Waals surface area (Å²) in [5, 5.41) is 0.955. The molecule has 4 aromatic rings. The molecule has 1 aliphatic heterocycles. The molecule has 4 nitrogen and oxygen atoms in total. The maximum absolute atomic E-state index is 14.9. The molecule has 2 aromatic carbocycles. The first-order chi connectivity index (χ1) is 16.8. The highest BCUT2D eigenvalue weighted by atomic mass is 32.1. The summed E-state index contributed by atoms with van der Waals surface area (Å²) in [6, 6.07) is 12.8. The zero-order valence-corrected chi connectivity index (χ0v) is 20.8. The Bertz CT molecular complexity index is 1430. The molecule has 1 aliphatic rings. The van der Waals surface area contributed by atoms with Gasteiger partial charge in [-0.25, -0.2) is 13.8 Å². The number of hydrogen-bond acceptors (Lipinski definition) is 4. The lowest BCUT2D eigenvalue weighted by atomic mass is 9.98. The summed E-state index contributed by atoms with van der Waals surface area (Å²) in [4.78, 5) is 20.8. The van der Waals surface area contributed by atoms with Crippen molar-refractivity contribution in [1.82, 2.24) is 14.5 Å². The summed E-state index contributed by atoms with van der Waals surface area (Å²) in [6.07, 6.45) is 3.75. The third-order valence-corrected chi connectivity index (χ3v) is 8.00. The van der Waals surface area contributed by atoms with Crippen molar-refractivity contribution in [3.8, 4) is 27.4 Å². The zero-order valence-electron chi connectivity index (χ0n) is 20.0. The second kappa shape index (κ2) is 9.47. The Morgan fingerprint density at radius 1 is 1.00 bits per heavy atom. The first-order valence-corrected chi connectivity index (χ1v) is 12.6. The summed E-state index contributed by atoms with van der Waals surface area (Å²) in [5.41, 5.74) is 4.32. The fourth-order valence-electron chi connectivity index (χ4n) is 4.81. The van der Waals surface area contributed by atoms with Crippen molar-refractivity contribution in [3.63, 3.8) is 0 Å². The lowest BCUT2D eigenvalue weighted by Crippen LogP contribution is -2.29. The minimum absolute atomic E-state index is 0.147. The Kier molecular flexibility index (Phi) is 6.38. The number of benzene rings is 2. The molecule has 5 rings (SSSR count). The third-order valence-electron chi connectivity index (χ3n) is 6.75. The number of thiazole rings is 1. The predicted octanol–water partition coefficient (Wildman–Crippen LogP) is 6.33. The number of rotatable bonds is 4. The molecule has 2 aromatic heterocycles. The second-order valence-corrected chi connectivity index (χ2v) is 10.3. The number of piperidine rings is 1. The highest BCUT2D eigenvalue weighted by molar-refractivity contribution is 7.15. The van der Waals surface area contributed by atoms with Gasteiger partial charge in [-0.1, -0.05) is 18.2 Å². The van der Waals surface area contributed by atoms with E-state index in [2.05, 4.69) is 11.9 Å². The maximum atomic E-state index is 14.9. The van der Waals surface area contributed by atoms with Crippen molar-refractivity contribution in [1.29, 1.82) is 0 Å². The molecule has 1 saturated heterocycles. The maximum Gasteiger partial charge on any atom is 0.255 e. The molecule has 0 spiro atoms. The molecule has 180 valence electrons. The van der Waals surface area contributed by atoms with E-state index in [1.807, 2.05) is 32.0 Å². The van der Waals surface area contributed by atoms with Crippen LogP contribution in [0.1, 0.15) is 34.9 Å². The van der Waals surface area contributed by atoms with Gasteiger partial charge in [-0.3, -0.25) is 9.36 Å². The van der Waals surface area contributed by atoms with Crippen LogP contribution in [0.3, 0.4) is 0 Å². The minimum Gasteiger partial charge on any atom is -0.306 e. The molecule has 0 bridgehead atoms. The molecule has 7 heteroatoms. The SMILES string of the molecule is Cc1cccc(C)c1-n1cc(-c2nc(C3CCN(C)CC3)sc2-c2ccc(F)cc2F)ccc1=O. The van der Waals surface area contributed by atoms with Gasteiger partial charge in [0.15, 0.2) is 0 Å². The van der Waals surface area contributed by atoms with Crippen LogP contribution in [-0.4, -0.2) is 34.6 Å². The van der Waals surface area contributed by atoms with Gasteiger partial charge in [0.2, 0.25) is 0 Å². The number of aryl methyl sites for hydroxylation is 2. The van der Waals surface area contributed by atoms with E-state index in [-0.39, 0.29) is 11.5 Å². The lowest BCUT2D eigenvalue weighted by molar-refractivity contribution is 0.255. The molecule has 35 heavy (non-hydrogen) atoms. The highest BCUT2D eigenvalue weighted by Crippen LogP contribution is 2.42. The monoisotopic (exact) mass is 491 g/mol. The van der Waals surface area contributed by atoms with Crippen LogP contribution in [0.15, 0.2) is 59.5 Å². The van der Waals surface area contributed by atoms with E-state index in [1.165, 1.54) is 29.5 Å². The van der Waals surface area contributed by atoms with E-state index in [1.54, 1.807) is 16.8 Å². The van der Waals surface area contributed by atoms with Gasteiger partial charge in [0.1, 0.15) is 11.6 Å². The molecular formula is C28H27F2N3OS. The van der Waals surface area contributed by atoms with Gasteiger partial charge in [0.05, 0.1) is 21.3 Å². The Morgan fingerprint density at radius 2 is 1.71 bits per heavy atom. The first-order valence-electron chi connectivity index (χ1n) is 11.8. The van der Waals surface area contributed by atoms with Crippen molar-refractivity contribution in [3.05, 3.63) is 92.9 Å². The Balaban J connectivity index is 1.68. The van der Waals surface area contributed by atoms with Crippen LogP contribution in [0, 0.1) is 25.5 Å². The van der Waals surface area contributed by atoms with Gasteiger partial charge in [-0.2, -0.15) is 0 Å². The van der Waals surface area contributed by atoms with Crippen LogP contribution in [0.25, 0.3) is 27.4 Å². The molecule has 0 saturated carbocycles. The molecule has 0 amide bonds. The van der Waals surface area contributed by atoms with Crippen molar-refractivity contribution in [2.45, 2.75) is 32.6 Å². The molecular weight excluding hydrogens is 464 g/mol. The molecule has 3 heterocycles. The van der Waals surface area contributed by atoms with Gasteiger partial charge in [0, 0.05) is 35.4 Å². The summed E-state index contributed by atoms with van der Waals surface area (Å²) in [7, 11) is 2.11. The van der Waals surface area contributed by atoms with Crippen LogP contribution >= 0.6 is 11.3 Å². The average molecular weight is 492 g/mol. The molecule has 0 unspecified atom stereocenters. The van der Waals surface area contributed by atoms with Gasteiger partial charge in [0.25, 0.3) is 5.56 Å². The Hall–Kier alpha value is -3.16. The van der Waals surface area contributed by atoms with E-state index < -0.39 is 11.6 Å². The quantitative estimate of drug-likeness (QED) is 0.335. The molecule has 0 N–H and O–H groups in total. The zero-order chi connectivity index (χ0) is 24.7. The number of pyridine rings is 1. The highest BCUT2D eigenvalue weighted by Gasteiger charge is 2.26. The van der Waals surface area contributed by atoms with Gasteiger partial charge < -0.3 is 4.90 Å². The van der Waals surface area contributed by atoms with Crippen LogP contribution in [0.5, 0.6) is 0 Å². The predicted molar refractivity (Wildman–Crippen MR) is 137 cm³/mol. The van der Waals surface area contributed by atoms with Crippen molar-refractivity contribution in [2.75, 3.05) is 20.1 Å². The van der Waals surface area contributed by atoms with Crippen molar-refractivity contribution in [2.24, 2.45) is 0 Å². The number of nitrogens with zero attached hydrogens (tertiary/aromatic N) is 3. The summed E-state index contributed by atoms with van der Waals surface area (Å²) in [5.74, 6) is -0.943. The average Bonchev–Trinajstić information content (AvgIpc) is 3.25. The lowest BCUT2D eigenvalue weighted by Gasteiger charge is -2.27. The number of halogens is 2. The van der Waals surface area contributed by atoms with Crippen molar-refractivity contribution >= 4 is 11.3 Å². The summed E-state index contributed by atoms with van der Waals surface area (Å²) < 4.78 is 30.2. The van der Waals surface area contributed by atoms with Crippen LogP contribution in [-0.2, 0) is 0 Å². The minimum atomic E-state index is -0.618. The van der Waals surface area contributed by atoms with E-state index in [0.717, 1.165) is 59.4 Å². The van der Waals surface area contributed by atoms with E-state index in [0.29, 0.717) is 16.1 Å². The van der Waals surface area contributed by atoms with Gasteiger partial charge in [-0.05, 0) is 76.2 Å². The first kappa shape index (κ1) is 23.6. The van der Waals surface area contributed by atoms with Crippen LogP contribution in [0.4, 0.5) is 8.78 Å². The standard InChI is InChI=1S/C28H27F2N3OS/c1-17-5-4-6-18(2)26(17)33-16-20(7-10-24(33)34)25-27(22-9-8-21(29)15-23(22)30)35-28(31-25)19-11-13-32(3)14-12-19/h4-10,15-16,19H,11-14H2,1-3H3. The smallest absolute Gasteiger partial charge is 0.255 e. The Morgan fingerprint density at radius 3 is 2.40 bits per heavy atom. The fourth-order valence-corrected chi connectivity index (χ4v) is 6.09.